The molecule has 154 valence electrons. The molecule has 1 aliphatic rings. The van der Waals surface area contributed by atoms with Gasteiger partial charge in [0.15, 0.2) is 0 Å². The summed E-state index contributed by atoms with van der Waals surface area (Å²) in [6, 6.07) is 15.3. The van der Waals surface area contributed by atoms with Crippen LogP contribution in [0.4, 0.5) is 14.9 Å². The lowest BCUT2D eigenvalue weighted by atomic mass is 9.99. The summed E-state index contributed by atoms with van der Waals surface area (Å²) in [5.74, 6) is -2.13. The number of barbiturate groups is 1. The molecule has 1 heterocycles. The van der Waals surface area contributed by atoms with E-state index in [1.54, 1.807) is 12.1 Å². The second-order valence-corrected chi connectivity index (χ2v) is 6.71. The third-order valence-corrected chi connectivity index (χ3v) is 4.77. The second-order valence-electron chi connectivity index (χ2n) is 6.71. The fraction of sp³-hybridized carbons (Fsp3) is 0.0417. The molecule has 3 aromatic rings. The van der Waals surface area contributed by atoms with Crippen LogP contribution in [0, 0.1) is 5.82 Å². The van der Waals surface area contributed by atoms with Gasteiger partial charge < -0.3 is 4.74 Å². The first-order valence-electron chi connectivity index (χ1n) is 9.42. The topological polar surface area (TPSA) is 75.7 Å². The fourth-order valence-electron chi connectivity index (χ4n) is 3.35. The molecule has 0 saturated carbocycles. The Morgan fingerprint density at radius 3 is 2.52 bits per heavy atom. The molecule has 0 spiro atoms. The van der Waals surface area contributed by atoms with Gasteiger partial charge in [0.2, 0.25) is 0 Å². The molecule has 1 saturated heterocycles. The number of nitrogens with zero attached hydrogens (tertiary/aromatic N) is 1. The number of anilines is 1. The van der Waals surface area contributed by atoms with Crippen LogP contribution in [0.25, 0.3) is 16.8 Å². The van der Waals surface area contributed by atoms with Gasteiger partial charge in [0.1, 0.15) is 23.7 Å². The maximum absolute atomic E-state index is 14.3. The highest BCUT2D eigenvalue weighted by molar-refractivity contribution is 6.39. The van der Waals surface area contributed by atoms with E-state index in [4.69, 9.17) is 4.74 Å². The number of carbonyl (C=O) groups excluding carboxylic acids is 3. The Labute approximate surface area is 177 Å². The molecule has 0 atom stereocenters. The maximum Gasteiger partial charge on any atom is 0.336 e. The molecule has 7 heteroatoms. The average Bonchev–Trinajstić information content (AvgIpc) is 2.76. The Morgan fingerprint density at radius 1 is 1.00 bits per heavy atom. The van der Waals surface area contributed by atoms with Crippen molar-refractivity contribution in [2.45, 2.75) is 0 Å². The summed E-state index contributed by atoms with van der Waals surface area (Å²) in [5.41, 5.74) is -0.0756. The lowest BCUT2D eigenvalue weighted by Gasteiger charge is -2.26. The van der Waals surface area contributed by atoms with Crippen LogP contribution in [-0.2, 0) is 9.59 Å². The van der Waals surface area contributed by atoms with Crippen LogP contribution in [0.5, 0.6) is 5.75 Å². The third kappa shape index (κ3) is 3.69. The highest BCUT2D eigenvalue weighted by Crippen LogP contribution is 2.32. The number of ether oxygens (including phenoxy) is 1. The van der Waals surface area contributed by atoms with Crippen LogP contribution in [0.2, 0.25) is 0 Å². The lowest BCUT2D eigenvalue weighted by molar-refractivity contribution is -0.122. The minimum Gasteiger partial charge on any atom is -0.489 e. The van der Waals surface area contributed by atoms with E-state index in [9.17, 15) is 18.8 Å². The first-order chi connectivity index (χ1) is 15.0. The van der Waals surface area contributed by atoms with Crippen LogP contribution in [0.3, 0.4) is 0 Å². The SMILES string of the molecule is C=CCOc1ccc2ccccc2c1/C=C1/C(=O)NC(=O)N(c2ccccc2F)C1=O. The first kappa shape index (κ1) is 20.0. The van der Waals surface area contributed by atoms with E-state index in [0.29, 0.717) is 16.2 Å². The predicted octanol–water partition coefficient (Wildman–Crippen LogP) is 4.21. The van der Waals surface area contributed by atoms with Gasteiger partial charge in [0.05, 0.1) is 5.69 Å². The largest absolute Gasteiger partial charge is 0.489 e. The summed E-state index contributed by atoms with van der Waals surface area (Å²) in [6.45, 7) is 3.85. The van der Waals surface area contributed by atoms with Crippen molar-refractivity contribution in [3.05, 3.63) is 90.3 Å². The summed E-state index contributed by atoms with van der Waals surface area (Å²) in [4.78, 5) is 38.6. The summed E-state index contributed by atoms with van der Waals surface area (Å²) in [6.07, 6.45) is 2.93. The van der Waals surface area contributed by atoms with Crippen LogP contribution >= 0.6 is 0 Å². The Kier molecular flexibility index (Phi) is 5.32. The van der Waals surface area contributed by atoms with Crippen molar-refractivity contribution in [2.24, 2.45) is 0 Å². The van der Waals surface area contributed by atoms with Crippen LogP contribution < -0.4 is 15.0 Å². The normalized spacial score (nSPS) is 15.3. The number of imide groups is 2. The number of benzene rings is 3. The van der Waals surface area contributed by atoms with Crippen LogP contribution in [0.15, 0.2) is 78.9 Å². The number of urea groups is 1. The van der Waals surface area contributed by atoms with Gasteiger partial charge in [-0.05, 0) is 35.0 Å². The van der Waals surface area contributed by atoms with Gasteiger partial charge in [-0.25, -0.2) is 14.1 Å². The van der Waals surface area contributed by atoms with E-state index in [1.807, 2.05) is 30.3 Å². The third-order valence-electron chi connectivity index (χ3n) is 4.77. The van der Waals surface area contributed by atoms with Gasteiger partial charge >= 0.3 is 6.03 Å². The number of fused-ring (bicyclic) bond motifs is 1. The Balaban J connectivity index is 1.87. The Morgan fingerprint density at radius 2 is 1.74 bits per heavy atom. The zero-order valence-corrected chi connectivity index (χ0v) is 16.3. The second kappa shape index (κ2) is 8.23. The van der Waals surface area contributed by atoms with Crippen molar-refractivity contribution in [2.75, 3.05) is 11.5 Å². The number of rotatable bonds is 5. The highest BCUT2D eigenvalue weighted by atomic mass is 19.1. The molecule has 0 unspecified atom stereocenters. The minimum absolute atomic E-state index is 0.217. The number of halogens is 1. The van der Waals surface area contributed by atoms with Crippen LogP contribution in [-0.4, -0.2) is 24.5 Å². The molecule has 0 radical (unpaired) electrons. The molecule has 1 fully saturated rings. The molecule has 31 heavy (non-hydrogen) atoms. The molecular formula is C24H17FN2O4. The van der Waals surface area contributed by atoms with Crippen LogP contribution in [0.1, 0.15) is 5.56 Å². The molecule has 0 aromatic heterocycles. The zero-order valence-electron chi connectivity index (χ0n) is 16.3. The standard InChI is InChI=1S/C24H17FN2O4/c1-2-13-31-21-12-11-15-7-3-4-8-16(15)17(21)14-18-22(28)26-24(30)27(23(18)29)20-10-6-5-9-19(20)25/h2-12,14H,1,13H2,(H,26,28,30)/b18-14-. The van der Waals surface area contributed by atoms with Crippen molar-refractivity contribution in [3.8, 4) is 5.75 Å². The Hall–Kier alpha value is -4.26. The summed E-state index contributed by atoms with van der Waals surface area (Å²) >= 11 is 0. The van der Waals surface area contributed by atoms with Gasteiger partial charge in [0.25, 0.3) is 11.8 Å². The molecule has 1 aliphatic heterocycles. The smallest absolute Gasteiger partial charge is 0.336 e. The lowest BCUT2D eigenvalue weighted by Crippen LogP contribution is -2.54. The predicted molar refractivity (Wildman–Crippen MR) is 115 cm³/mol. The average molecular weight is 416 g/mol. The molecule has 6 nitrogen and oxygen atoms in total. The van der Waals surface area contributed by atoms with E-state index < -0.39 is 23.7 Å². The molecule has 1 N–H and O–H groups in total. The first-order valence-corrected chi connectivity index (χ1v) is 9.42. The monoisotopic (exact) mass is 416 g/mol. The minimum atomic E-state index is -1.02. The van der Waals surface area contributed by atoms with Gasteiger partial charge in [0, 0.05) is 5.56 Å². The van der Waals surface area contributed by atoms with Crippen molar-refractivity contribution in [3.63, 3.8) is 0 Å². The number of amides is 4. The van der Waals surface area contributed by atoms with Gasteiger partial charge in [-0.2, -0.15) is 0 Å². The molecule has 0 bridgehead atoms. The number of hydrogen-bond acceptors (Lipinski definition) is 4. The van der Waals surface area contributed by atoms with E-state index >= 15 is 0 Å². The maximum atomic E-state index is 14.3. The summed E-state index contributed by atoms with van der Waals surface area (Å²) in [5, 5.41) is 3.71. The van der Waals surface area contributed by atoms with Gasteiger partial charge in [-0.1, -0.05) is 55.1 Å². The zero-order chi connectivity index (χ0) is 22.0. The van der Waals surface area contributed by atoms with Crippen molar-refractivity contribution >= 4 is 40.4 Å². The number of carbonyl (C=O) groups is 3. The molecule has 4 rings (SSSR count). The molecule has 0 aliphatic carbocycles. The molecule has 4 amide bonds. The van der Waals surface area contributed by atoms with Gasteiger partial charge in [-0.15, -0.1) is 0 Å². The molecular weight excluding hydrogens is 399 g/mol. The summed E-state index contributed by atoms with van der Waals surface area (Å²) in [7, 11) is 0. The molecule has 3 aromatic carbocycles. The fourth-order valence-corrected chi connectivity index (χ4v) is 3.35. The van der Waals surface area contributed by atoms with Crippen molar-refractivity contribution in [1.82, 2.24) is 5.32 Å². The van der Waals surface area contributed by atoms with E-state index in [1.165, 1.54) is 24.3 Å². The van der Waals surface area contributed by atoms with Gasteiger partial charge in [-0.3, -0.25) is 14.9 Å². The van der Waals surface area contributed by atoms with Crippen molar-refractivity contribution < 1.29 is 23.5 Å². The van der Waals surface area contributed by atoms with E-state index in [-0.39, 0.29) is 17.9 Å². The number of nitrogens with one attached hydrogen (secondary N) is 1. The van der Waals surface area contributed by atoms with E-state index in [0.717, 1.165) is 16.8 Å². The quantitative estimate of drug-likeness (QED) is 0.384. The summed E-state index contributed by atoms with van der Waals surface area (Å²) < 4.78 is 20.0. The van der Waals surface area contributed by atoms with E-state index in [2.05, 4.69) is 11.9 Å². The number of hydrogen-bond donors (Lipinski definition) is 1. The number of para-hydroxylation sites is 1. The Bertz CT molecular complexity index is 1270. The van der Waals surface area contributed by atoms with Crippen molar-refractivity contribution in [1.29, 1.82) is 0 Å². The highest BCUT2D eigenvalue weighted by Gasteiger charge is 2.38.